The molecule has 2 N–H and O–H groups in total. The Morgan fingerprint density at radius 3 is 2.53 bits per heavy atom. The normalized spacial score (nSPS) is 31.3. The second-order valence-corrected chi connectivity index (χ2v) is 14.0. The van der Waals surface area contributed by atoms with Gasteiger partial charge in [-0.2, -0.15) is 0 Å². The maximum Gasteiger partial charge on any atom is 0.330 e. The van der Waals surface area contributed by atoms with Gasteiger partial charge in [-0.1, -0.05) is 12.1 Å². The van der Waals surface area contributed by atoms with Crippen molar-refractivity contribution < 1.29 is 67.2 Å². The summed E-state index contributed by atoms with van der Waals surface area (Å²) in [6.07, 6.45) is -1.10. The molecule has 1 unspecified atom stereocenters. The molecular formula is C38H45NO14. The van der Waals surface area contributed by atoms with Gasteiger partial charge in [0, 0.05) is 68.5 Å². The van der Waals surface area contributed by atoms with Gasteiger partial charge >= 0.3 is 5.97 Å². The van der Waals surface area contributed by atoms with Crippen LogP contribution in [0.2, 0.25) is 0 Å². The lowest BCUT2D eigenvalue weighted by Crippen LogP contribution is -2.55. The minimum atomic E-state index is -1.03. The highest BCUT2D eigenvalue weighted by Gasteiger charge is 2.55. The fraction of sp³-hybridized carbons (Fsp3) is 0.553. The predicted molar refractivity (Wildman–Crippen MR) is 183 cm³/mol. The summed E-state index contributed by atoms with van der Waals surface area (Å²) in [5.41, 5.74) is -1.35. The van der Waals surface area contributed by atoms with Gasteiger partial charge in [0.15, 0.2) is 24.6 Å². The van der Waals surface area contributed by atoms with E-state index < -0.39 is 71.6 Å². The highest BCUT2D eigenvalue weighted by atomic mass is 16.7. The largest absolute Gasteiger partial charge is 0.507 e. The van der Waals surface area contributed by atoms with Crippen molar-refractivity contribution in [1.82, 2.24) is 4.90 Å². The number of phenolic OH excluding ortho intramolecular Hbond substituents is 2. The molecule has 286 valence electrons. The van der Waals surface area contributed by atoms with E-state index >= 15 is 0 Å². The summed E-state index contributed by atoms with van der Waals surface area (Å²) in [5, 5.41) is 24.3. The number of hydrogen-bond donors (Lipinski definition) is 2. The van der Waals surface area contributed by atoms with Gasteiger partial charge in [-0.3, -0.25) is 14.5 Å². The number of nitrogens with zero attached hydrogens (tertiary/aromatic N) is 1. The quantitative estimate of drug-likeness (QED) is 0.176. The number of hydrogen-bond acceptors (Lipinski definition) is 15. The third kappa shape index (κ3) is 6.12. The molecule has 0 amide bonds. The molecule has 2 aromatic carbocycles. The average Bonchev–Trinajstić information content (AvgIpc) is 3.54. The van der Waals surface area contributed by atoms with Crippen molar-refractivity contribution in [3.63, 3.8) is 0 Å². The van der Waals surface area contributed by atoms with Gasteiger partial charge in [-0.25, -0.2) is 4.79 Å². The van der Waals surface area contributed by atoms with Crippen LogP contribution in [0.5, 0.6) is 17.2 Å². The third-order valence-electron chi connectivity index (χ3n) is 11.2. The van der Waals surface area contributed by atoms with Crippen molar-refractivity contribution in [3.8, 4) is 17.2 Å². The van der Waals surface area contributed by atoms with Gasteiger partial charge in [0.25, 0.3) is 0 Å². The molecule has 0 aromatic heterocycles. The lowest BCUT2D eigenvalue weighted by atomic mass is 9.65. The van der Waals surface area contributed by atoms with E-state index in [1.54, 1.807) is 25.3 Å². The maximum atomic E-state index is 14.2. The highest BCUT2D eigenvalue weighted by Crippen LogP contribution is 2.56. The number of ketones is 2. The Balaban J connectivity index is 1.34. The molecule has 5 aliphatic rings. The number of morpholine rings is 1. The van der Waals surface area contributed by atoms with Crippen LogP contribution in [0.25, 0.3) is 0 Å². The van der Waals surface area contributed by atoms with Crippen LogP contribution in [0, 0.1) is 5.41 Å². The maximum absolute atomic E-state index is 14.2. The number of aromatic hydroxyl groups is 2. The molecule has 2 aromatic rings. The fourth-order valence-corrected chi connectivity index (χ4v) is 8.92. The molecule has 0 bridgehead atoms. The SMILES string of the molecule is COC[C@@]1(C(/C=C\C(=O)OC)OC)Cc2c(O)c3c(c(O)c2[C@@H](O[C@H]2C[C@H]4[C@H](O[C@@H]5[C@@H](OC)OCCN54)[C@H](C)O2)C1)C(=O)c1c(OC)cccc1C3=O. The predicted octanol–water partition coefficient (Wildman–Crippen LogP) is 2.80. The van der Waals surface area contributed by atoms with Crippen LogP contribution in [0.1, 0.15) is 68.8 Å². The van der Waals surface area contributed by atoms with Crippen molar-refractivity contribution in [2.45, 2.75) is 75.5 Å². The number of methoxy groups -OCH3 is 5. The molecule has 53 heavy (non-hydrogen) atoms. The number of carbonyl (C=O) groups is 3. The van der Waals surface area contributed by atoms with E-state index in [4.69, 9.17) is 42.6 Å². The molecule has 3 aliphatic heterocycles. The number of benzene rings is 2. The van der Waals surface area contributed by atoms with Crippen LogP contribution in [-0.2, 0) is 49.1 Å². The first-order valence-corrected chi connectivity index (χ1v) is 17.5. The number of esters is 1. The second-order valence-electron chi connectivity index (χ2n) is 14.0. The van der Waals surface area contributed by atoms with Crippen LogP contribution in [0.15, 0.2) is 30.4 Å². The van der Waals surface area contributed by atoms with E-state index in [0.717, 1.165) is 0 Å². The van der Waals surface area contributed by atoms with Crippen molar-refractivity contribution in [2.75, 3.05) is 55.3 Å². The summed E-state index contributed by atoms with van der Waals surface area (Å²) in [6.45, 7) is 3.01. The van der Waals surface area contributed by atoms with Crippen LogP contribution in [-0.4, -0.2) is 131 Å². The zero-order valence-electron chi connectivity index (χ0n) is 30.5. The Bertz CT molecular complexity index is 1810. The topological polar surface area (TPSA) is 178 Å². The lowest BCUT2D eigenvalue weighted by molar-refractivity contribution is -0.256. The Morgan fingerprint density at radius 1 is 1.06 bits per heavy atom. The van der Waals surface area contributed by atoms with Crippen LogP contribution in [0.3, 0.4) is 0 Å². The first-order chi connectivity index (χ1) is 25.5. The molecule has 3 fully saturated rings. The minimum Gasteiger partial charge on any atom is -0.507 e. The summed E-state index contributed by atoms with van der Waals surface area (Å²) >= 11 is 0. The van der Waals surface area contributed by atoms with E-state index in [-0.39, 0.29) is 70.7 Å². The molecule has 2 aliphatic carbocycles. The molecule has 7 rings (SSSR count). The van der Waals surface area contributed by atoms with E-state index in [1.165, 1.54) is 40.6 Å². The van der Waals surface area contributed by atoms with Crippen LogP contribution < -0.4 is 4.74 Å². The molecule has 15 heteroatoms. The molecule has 0 radical (unpaired) electrons. The van der Waals surface area contributed by atoms with Crippen molar-refractivity contribution in [2.24, 2.45) is 5.41 Å². The number of ether oxygens (including phenoxy) is 9. The van der Waals surface area contributed by atoms with Gasteiger partial charge in [0.1, 0.15) is 23.4 Å². The van der Waals surface area contributed by atoms with E-state index in [0.29, 0.717) is 19.6 Å². The second kappa shape index (κ2) is 14.7. The Kier molecular flexibility index (Phi) is 10.4. The smallest absolute Gasteiger partial charge is 0.330 e. The van der Waals surface area contributed by atoms with Gasteiger partial charge < -0.3 is 52.8 Å². The molecule has 3 heterocycles. The zero-order chi connectivity index (χ0) is 37.8. The monoisotopic (exact) mass is 739 g/mol. The van der Waals surface area contributed by atoms with E-state index in [9.17, 15) is 24.6 Å². The van der Waals surface area contributed by atoms with Crippen molar-refractivity contribution in [1.29, 1.82) is 0 Å². The van der Waals surface area contributed by atoms with Gasteiger partial charge in [0.05, 0.1) is 62.4 Å². The van der Waals surface area contributed by atoms with E-state index in [2.05, 4.69) is 4.90 Å². The van der Waals surface area contributed by atoms with Crippen molar-refractivity contribution >= 4 is 17.5 Å². The molecule has 0 saturated carbocycles. The standard InChI is InChI=1S/C38H45NO14/c1-18-35-21(39-12-13-50-37(49-6)36(39)53-35)14-26(51-18)52-23-16-38(17-45-2,24(47-4)10-11-25(40)48-5)15-20-28(23)34(44)30-29(32(20)42)31(41)19-8-7-9-22(46-3)27(19)33(30)43/h7-11,18,21,23-24,26,35-37,42,44H,12-17H2,1-6H3/b11-10-/t18-,21-,23-,24?,26-,35+,36+,37-,38+/m0/s1. The first-order valence-electron chi connectivity index (χ1n) is 17.5. The summed E-state index contributed by atoms with van der Waals surface area (Å²) in [7, 11) is 7.20. The lowest BCUT2D eigenvalue weighted by Gasteiger charge is -2.47. The Labute approximate surface area is 306 Å². The number of rotatable bonds is 10. The zero-order valence-corrected chi connectivity index (χ0v) is 30.5. The summed E-state index contributed by atoms with van der Waals surface area (Å²) < 4.78 is 52.9. The fourth-order valence-electron chi connectivity index (χ4n) is 8.92. The van der Waals surface area contributed by atoms with Gasteiger partial charge in [0.2, 0.25) is 5.78 Å². The van der Waals surface area contributed by atoms with Crippen LogP contribution >= 0.6 is 0 Å². The average molecular weight is 740 g/mol. The summed E-state index contributed by atoms with van der Waals surface area (Å²) in [5.74, 6) is -2.73. The molecule has 3 saturated heterocycles. The molecular weight excluding hydrogens is 694 g/mol. The van der Waals surface area contributed by atoms with Gasteiger partial charge in [-0.15, -0.1) is 0 Å². The van der Waals surface area contributed by atoms with E-state index in [1.807, 2.05) is 6.92 Å². The Morgan fingerprint density at radius 2 is 1.83 bits per heavy atom. The molecule has 0 spiro atoms. The summed E-state index contributed by atoms with van der Waals surface area (Å²) in [4.78, 5) is 42.7. The highest BCUT2D eigenvalue weighted by molar-refractivity contribution is 6.31. The molecule has 9 atom stereocenters. The number of phenols is 2. The summed E-state index contributed by atoms with van der Waals surface area (Å²) in [6, 6.07) is 4.49. The first kappa shape index (κ1) is 37.4. The molecule has 15 nitrogen and oxygen atoms in total. The van der Waals surface area contributed by atoms with Crippen molar-refractivity contribution in [3.05, 3.63) is 63.7 Å². The van der Waals surface area contributed by atoms with Gasteiger partial charge in [-0.05, 0) is 31.9 Å². The number of carbonyl (C=O) groups excluding carboxylic acids is 3. The minimum absolute atomic E-state index is 0.00743. The number of fused-ring (bicyclic) bond motifs is 6. The van der Waals surface area contributed by atoms with Crippen LogP contribution in [0.4, 0.5) is 0 Å². The third-order valence-corrected chi connectivity index (χ3v) is 11.2. The Hall–Kier alpha value is -3.93.